The maximum absolute atomic E-state index is 10.7. The lowest BCUT2D eigenvalue weighted by atomic mass is 10.2. The van der Waals surface area contributed by atoms with Gasteiger partial charge in [-0.2, -0.15) is 0 Å². The summed E-state index contributed by atoms with van der Waals surface area (Å²) < 4.78 is 5.05. The molecule has 0 saturated heterocycles. The zero-order valence-electron chi connectivity index (χ0n) is 9.43. The van der Waals surface area contributed by atoms with E-state index >= 15 is 0 Å². The van der Waals surface area contributed by atoms with Gasteiger partial charge in [-0.15, -0.1) is 0 Å². The quantitative estimate of drug-likeness (QED) is 0.768. The minimum Gasteiger partial charge on any atom is -0.477 e. The molecule has 0 amide bonds. The number of pyridine rings is 1. The van der Waals surface area contributed by atoms with Crippen LogP contribution in [0.4, 0.5) is 5.69 Å². The van der Waals surface area contributed by atoms with Crippen molar-refractivity contribution in [3.63, 3.8) is 0 Å². The highest BCUT2D eigenvalue weighted by Crippen LogP contribution is 2.11. The molecule has 0 aliphatic heterocycles. The predicted octanol–water partition coefficient (Wildman–Crippen LogP) is 1.62. The molecular weight excluding hydrogens is 208 g/mol. The van der Waals surface area contributed by atoms with Gasteiger partial charge in [0.15, 0.2) is 0 Å². The van der Waals surface area contributed by atoms with Crippen molar-refractivity contribution in [2.75, 3.05) is 19.0 Å². The van der Waals surface area contributed by atoms with Crippen molar-refractivity contribution in [2.45, 2.75) is 19.4 Å². The van der Waals surface area contributed by atoms with E-state index in [4.69, 9.17) is 9.84 Å². The molecule has 5 heteroatoms. The molecule has 1 aromatic heterocycles. The van der Waals surface area contributed by atoms with Gasteiger partial charge in [-0.25, -0.2) is 9.78 Å². The highest BCUT2D eigenvalue weighted by Gasteiger charge is 2.08. The van der Waals surface area contributed by atoms with Crippen LogP contribution in [0.1, 0.15) is 23.8 Å². The summed E-state index contributed by atoms with van der Waals surface area (Å²) in [6.45, 7) is 2.62. The third-order valence-corrected chi connectivity index (χ3v) is 2.21. The molecular formula is C11H16N2O3. The molecule has 1 atom stereocenters. The van der Waals surface area contributed by atoms with E-state index < -0.39 is 5.97 Å². The van der Waals surface area contributed by atoms with Crippen molar-refractivity contribution < 1.29 is 14.6 Å². The van der Waals surface area contributed by atoms with Crippen LogP contribution in [0.15, 0.2) is 18.3 Å². The Bertz CT molecular complexity index is 355. The number of ether oxygens (including phenoxy) is 1. The van der Waals surface area contributed by atoms with Crippen LogP contribution < -0.4 is 5.32 Å². The highest BCUT2D eigenvalue weighted by atomic mass is 16.5. The van der Waals surface area contributed by atoms with Crippen LogP contribution >= 0.6 is 0 Å². The second kappa shape index (κ2) is 6.07. The number of nitrogens with zero attached hydrogens (tertiary/aromatic N) is 1. The molecule has 0 aromatic carbocycles. The number of methoxy groups -OCH3 is 1. The zero-order chi connectivity index (χ0) is 12.0. The first-order valence-corrected chi connectivity index (χ1v) is 5.12. The van der Waals surface area contributed by atoms with Gasteiger partial charge in [0.25, 0.3) is 0 Å². The second-order valence-corrected chi connectivity index (χ2v) is 3.44. The highest BCUT2D eigenvalue weighted by molar-refractivity contribution is 5.86. The van der Waals surface area contributed by atoms with Crippen LogP contribution in [-0.2, 0) is 4.74 Å². The lowest BCUT2D eigenvalue weighted by Gasteiger charge is -2.17. The molecule has 0 bridgehead atoms. The van der Waals surface area contributed by atoms with Gasteiger partial charge < -0.3 is 15.2 Å². The van der Waals surface area contributed by atoms with Gasteiger partial charge in [-0.05, 0) is 18.6 Å². The van der Waals surface area contributed by atoms with Crippen molar-refractivity contribution >= 4 is 11.7 Å². The summed E-state index contributed by atoms with van der Waals surface area (Å²) in [6.07, 6.45) is 2.38. The molecule has 1 unspecified atom stereocenters. The summed E-state index contributed by atoms with van der Waals surface area (Å²) in [7, 11) is 1.64. The number of carboxylic acids is 1. The molecule has 0 saturated carbocycles. The fraction of sp³-hybridized carbons (Fsp3) is 0.455. The number of anilines is 1. The van der Waals surface area contributed by atoms with Crippen LogP contribution in [-0.4, -0.2) is 35.8 Å². The van der Waals surface area contributed by atoms with Crippen LogP contribution in [0.5, 0.6) is 0 Å². The molecule has 1 heterocycles. The summed E-state index contributed by atoms with van der Waals surface area (Å²) in [5.41, 5.74) is 0.786. The molecule has 16 heavy (non-hydrogen) atoms. The predicted molar refractivity (Wildman–Crippen MR) is 60.8 cm³/mol. The zero-order valence-corrected chi connectivity index (χ0v) is 9.43. The van der Waals surface area contributed by atoms with Gasteiger partial charge in [0.05, 0.1) is 6.61 Å². The van der Waals surface area contributed by atoms with Crippen molar-refractivity contribution in [3.8, 4) is 0 Å². The Morgan fingerprint density at radius 2 is 2.44 bits per heavy atom. The van der Waals surface area contributed by atoms with Crippen LogP contribution in [0.25, 0.3) is 0 Å². The first-order valence-electron chi connectivity index (χ1n) is 5.12. The molecule has 0 spiro atoms. The summed E-state index contributed by atoms with van der Waals surface area (Å²) in [5, 5.41) is 12.0. The molecule has 0 aliphatic carbocycles. The van der Waals surface area contributed by atoms with E-state index in [0.29, 0.717) is 6.61 Å². The Balaban J connectivity index is 2.72. The summed E-state index contributed by atoms with van der Waals surface area (Å²) >= 11 is 0. The maximum atomic E-state index is 10.7. The van der Waals surface area contributed by atoms with Gasteiger partial charge >= 0.3 is 5.97 Å². The molecule has 1 rings (SSSR count). The average Bonchev–Trinajstić information content (AvgIpc) is 2.29. The van der Waals surface area contributed by atoms with E-state index in [0.717, 1.165) is 12.1 Å². The van der Waals surface area contributed by atoms with Crippen molar-refractivity contribution in [1.82, 2.24) is 4.98 Å². The van der Waals surface area contributed by atoms with Crippen molar-refractivity contribution in [1.29, 1.82) is 0 Å². The second-order valence-electron chi connectivity index (χ2n) is 3.44. The number of aromatic nitrogens is 1. The standard InChI is InChI=1S/C11H16N2O3/c1-3-8(7-16-2)13-9-4-5-12-10(6-9)11(14)15/h4-6,8H,3,7H2,1-2H3,(H,12,13)(H,14,15). The number of carboxylic acid groups (broad SMARTS) is 1. The molecule has 88 valence electrons. The minimum absolute atomic E-state index is 0.0391. The lowest BCUT2D eigenvalue weighted by molar-refractivity contribution is 0.0690. The van der Waals surface area contributed by atoms with Crippen LogP contribution in [0.3, 0.4) is 0 Å². The number of rotatable bonds is 6. The first-order chi connectivity index (χ1) is 7.67. The average molecular weight is 224 g/mol. The maximum Gasteiger partial charge on any atom is 0.354 e. The summed E-state index contributed by atoms with van der Waals surface area (Å²) in [5.74, 6) is -1.02. The number of hydrogen-bond acceptors (Lipinski definition) is 4. The Kier molecular flexibility index (Phi) is 4.72. The Labute approximate surface area is 94.5 Å². The topological polar surface area (TPSA) is 71.5 Å². The van der Waals surface area contributed by atoms with Gasteiger partial charge in [0, 0.05) is 25.0 Å². The fourth-order valence-corrected chi connectivity index (χ4v) is 1.34. The molecule has 5 nitrogen and oxygen atoms in total. The smallest absolute Gasteiger partial charge is 0.354 e. The van der Waals surface area contributed by atoms with Gasteiger partial charge in [-0.1, -0.05) is 6.92 Å². The third-order valence-electron chi connectivity index (χ3n) is 2.21. The van der Waals surface area contributed by atoms with E-state index in [-0.39, 0.29) is 11.7 Å². The van der Waals surface area contributed by atoms with E-state index in [1.807, 2.05) is 6.92 Å². The SMILES string of the molecule is CCC(COC)Nc1ccnc(C(=O)O)c1. The van der Waals surface area contributed by atoms with Crippen molar-refractivity contribution in [3.05, 3.63) is 24.0 Å². The molecule has 0 radical (unpaired) electrons. The molecule has 0 fully saturated rings. The number of carbonyl (C=O) groups is 1. The monoisotopic (exact) mass is 224 g/mol. The molecule has 0 aliphatic rings. The largest absolute Gasteiger partial charge is 0.477 e. The van der Waals surface area contributed by atoms with E-state index in [1.54, 1.807) is 13.2 Å². The number of hydrogen-bond donors (Lipinski definition) is 2. The summed E-state index contributed by atoms with van der Waals surface area (Å²) in [4.78, 5) is 14.5. The minimum atomic E-state index is -1.02. The van der Waals surface area contributed by atoms with Gasteiger partial charge in [0.2, 0.25) is 0 Å². The Morgan fingerprint density at radius 3 is 3.00 bits per heavy atom. The van der Waals surface area contributed by atoms with Gasteiger partial charge in [0.1, 0.15) is 5.69 Å². The molecule has 2 N–H and O–H groups in total. The van der Waals surface area contributed by atoms with Gasteiger partial charge in [-0.3, -0.25) is 0 Å². The lowest BCUT2D eigenvalue weighted by Crippen LogP contribution is -2.24. The van der Waals surface area contributed by atoms with Crippen molar-refractivity contribution in [2.24, 2.45) is 0 Å². The van der Waals surface area contributed by atoms with Crippen LogP contribution in [0, 0.1) is 0 Å². The third kappa shape index (κ3) is 3.51. The normalized spacial score (nSPS) is 12.1. The number of nitrogens with one attached hydrogen (secondary N) is 1. The van der Waals surface area contributed by atoms with E-state index in [2.05, 4.69) is 10.3 Å². The van der Waals surface area contributed by atoms with Crippen LogP contribution in [0.2, 0.25) is 0 Å². The Morgan fingerprint density at radius 1 is 1.69 bits per heavy atom. The number of aromatic carboxylic acids is 1. The van der Waals surface area contributed by atoms with E-state index in [1.165, 1.54) is 12.3 Å². The van der Waals surface area contributed by atoms with E-state index in [9.17, 15) is 4.79 Å². The first kappa shape index (κ1) is 12.4. The summed E-state index contributed by atoms with van der Waals surface area (Å²) in [6, 6.07) is 3.43. The Hall–Kier alpha value is -1.62. The fourth-order valence-electron chi connectivity index (χ4n) is 1.34. The molecule has 1 aromatic rings.